The summed E-state index contributed by atoms with van der Waals surface area (Å²) in [4.78, 5) is 22.5. The lowest BCUT2D eigenvalue weighted by Gasteiger charge is -2.19. The summed E-state index contributed by atoms with van der Waals surface area (Å²) in [7, 11) is 0. The van der Waals surface area contributed by atoms with Crippen LogP contribution in [-0.2, 0) is 16.0 Å². The van der Waals surface area contributed by atoms with Gasteiger partial charge in [-0.15, -0.1) is 0 Å². The number of rotatable bonds is 4. The summed E-state index contributed by atoms with van der Waals surface area (Å²) < 4.78 is 0. The van der Waals surface area contributed by atoms with Crippen molar-refractivity contribution in [1.29, 1.82) is 0 Å². The van der Waals surface area contributed by atoms with Gasteiger partial charge in [-0.1, -0.05) is 59.2 Å². The van der Waals surface area contributed by atoms with Gasteiger partial charge in [0.2, 0.25) is 5.91 Å². The van der Waals surface area contributed by atoms with E-state index in [9.17, 15) is 9.59 Å². The van der Waals surface area contributed by atoms with Crippen molar-refractivity contribution in [3.8, 4) is 0 Å². The Morgan fingerprint density at radius 1 is 1.14 bits per heavy atom. The number of carbonyl (C=O) groups excluding carboxylic acids is 1. The average Bonchev–Trinajstić information content (AvgIpc) is 2.37. The molecule has 1 aromatic carbocycles. The molecule has 21 heavy (non-hydrogen) atoms. The first kappa shape index (κ1) is 19.2. The van der Waals surface area contributed by atoms with Gasteiger partial charge in [0.05, 0.1) is 0 Å². The van der Waals surface area contributed by atoms with Crippen LogP contribution in [0.2, 0.25) is 0 Å². The topological polar surface area (TPSA) is 66.4 Å². The number of nitrogens with one attached hydrogen (secondary N) is 1. The number of carbonyl (C=O) groups is 2. The van der Waals surface area contributed by atoms with Crippen LogP contribution in [-0.4, -0.2) is 17.0 Å². The number of anilines is 1. The number of para-hydroxylation sites is 1. The lowest BCUT2D eigenvalue weighted by atomic mass is 9.95. The van der Waals surface area contributed by atoms with E-state index in [0.29, 0.717) is 12.1 Å². The molecule has 118 valence electrons. The first-order valence-electron chi connectivity index (χ1n) is 7.33. The first-order valence-corrected chi connectivity index (χ1v) is 7.33. The van der Waals surface area contributed by atoms with E-state index >= 15 is 0 Å². The number of aryl methyl sites for hydroxylation is 1. The maximum atomic E-state index is 11.9. The molecule has 0 saturated carbocycles. The van der Waals surface area contributed by atoms with Gasteiger partial charge in [0, 0.05) is 17.5 Å². The number of aliphatic carboxylic acids is 1. The van der Waals surface area contributed by atoms with Crippen LogP contribution in [0.25, 0.3) is 0 Å². The Balaban J connectivity index is 0.00000122. The van der Waals surface area contributed by atoms with Gasteiger partial charge >= 0.3 is 5.97 Å². The second kappa shape index (κ2) is 9.16. The van der Waals surface area contributed by atoms with E-state index in [4.69, 9.17) is 5.11 Å². The third-order valence-electron chi connectivity index (χ3n) is 2.55. The minimum atomic E-state index is -0.841. The Labute approximate surface area is 127 Å². The fraction of sp³-hybridized carbons (Fsp3) is 0.529. The van der Waals surface area contributed by atoms with Crippen LogP contribution in [0.15, 0.2) is 24.3 Å². The molecule has 0 spiro atoms. The lowest BCUT2D eigenvalue weighted by Crippen LogP contribution is -2.28. The molecule has 1 aromatic rings. The van der Waals surface area contributed by atoms with Crippen LogP contribution >= 0.6 is 0 Å². The highest BCUT2D eigenvalue weighted by molar-refractivity contribution is 5.95. The molecular weight excluding hydrogens is 266 g/mol. The summed E-state index contributed by atoms with van der Waals surface area (Å²) in [6.45, 7) is 9.76. The maximum Gasteiger partial charge on any atom is 0.303 e. The summed E-state index contributed by atoms with van der Waals surface area (Å²) in [6.07, 6.45) is 1.72. The molecule has 0 aliphatic heterocycles. The molecule has 0 radical (unpaired) electrons. The number of amides is 1. The second-order valence-electron chi connectivity index (χ2n) is 5.96. The Morgan fingerprint density at radius 2 is 1.67 bits per heavy atom. The molecule has 0 heterocycles. The van der Waals surface area contributed by atoms with Crippen molar-refractivity contribution in [2.45, 2.75) is 53.9 Å². The molecule has 1 amide bonds. The first-order chi connectivity index (χ1) is 9.72. The minimum Gasteiger partial charge on any atom is -0.481 e. The van der Waals surface area contributed by atoms with Crippen LogP contribution in [0.1, 0.15) is 53.0 Å². The van der Waals surface area contributed by atoms with Crippen LogP contribution in [0, 0.1) is 5.41 Å². The predicted molar refractivity (Wildman–Crippen MR) is 86.4 cm³/mol. The van der Waals surface area contributed by atoms with E-state index in [-0.39, 0.29) is 12.3 Å². The highest BCUT2D eigenvalue weighted by Crippen LogP contribution is 2.21. The average molecular weight is 293 g/mol. The predicted octanol–water partition coefficient (Wildman–Crippen LogP) is 4.10. The van der Waals surface area contributed by atoms with E-state index in [1.807, 2.05) is 39.0 Å². The van der Waals surface area contributed by atoms with Gasteiger partial charge in [-0.05, 0) is 18.1 Å². The van der Waals surface area contributed by atoms with E-state index in [1.165, 1.54) is 6.42 Å². The van der Waals surface area contributed by atoms with E-state index in [0.717, 1.165) is 5.56 Å². The summed E-state index contributed by atoms with van der Waals surface area (Å²) in [5.74, 6) is -0.919. The number of carboxylic acid groups (broad SMARTS) is 1. The summed E-state index contributed by atoms with van der Waals surface area (Å²) in [5, 5.41) is 11.5. The number of carboxylic acids is 1. The highest BCUT2D eigenvalue weighted by atomic mass is 16.4. The van der Waals surface area contributed by atoms with Gasteiger partial charge < -0.3 is 10.4 Å². The van der Waals surface area contributed by atoms with Crippen LogP contribution in [0.3, 0.4) is 0 Å². The fourth-order valence-electron chi connectivity index (χ4n) is 1.41. The van der Waals surface area contributed by atoms with E-state index < -0.39 is 11.4 Å². The molecule has 1 rings (SSSR count). The van der Waals surface area contributed by atoms with Crippen molar-refractivity contribution in [2.24, 2.45) is 5.41 Å². The molecule has 0 saturated heterocycles. The number of benzene rings is 1. The molecule has 0 atom stereocenters. The summed E-state index contributed by atoms with van der Waals surface area (Å²) >= 11 is 0. The normalized spacial score (nSPS) is 10.3. The smallest absolute Gasteiger partial charge is 0.303 e. The minimum absolute atomic E-state index is 0.0579. The lowest BCUT2D eigenvalue weighted by molar-refractivity contribution is -0.137. The van der Waals surface area contributed by atoms with Crippen molar-refractivity contribution >= 4 is 17.6 Å². The van der Waals surface area contributed by atoms with E-state index in [2.05, 4.69) is 19.2 Å². The zero-order valence-electron chi connectivity index (χ0n) is 13.7. The molecule has 4 nitrogen and oxygen atoms in total. The van der Waals surface area contributed by atoms with Gasteiger partial charge in [0.25, 0.3) is 0 Å². The highest BCUT2D eigenvalue weighted by Gasteiger charge is 2.21. The quantitative estimate of drug-likeness (QED) is 0.878. The van der Waals surface area contributed by atoms with Crippen LogP contribution in [0.4, 0.5) is 5.69 Å². The van der Waals surface area contributed by atoms with Gasteiger partial charge in [-0.3, -0.25) is 9.59 Å². The molecule has 0 bridgehead atoms. The molecular formula is C17H27NO3. The molecule has 0 aliphatic rings. The summed E-state index contributed by atoms with van der Waals surface area (Å²) in [5.41, 5.74) is 1.07. The standard InChI is InChI=1S/C14H19NO3.C3H8/c1-14(2,3)13(18)15-11-7-5-4-6-10(11)8-9-12(16)17;1-3-2/h4-7H,8-9H2,1-3H3,(H,15,18)(H,16,17);3H2,1-2H3. The Morgan fingerprint density at radius 3 is 2.14 bits per heavy atom. The van der Waals surface area contributed by atoms with Crippen molar-refractivity contribution in [2.75, 3.05) is 5.32 Å². The maximum absolute atomic E-state index is 11.9. The molecule has 0 aliphatic carbocycles. The van der Waals surface area contributed by atoms with Gasteiger partial charge in [-0.2, -0.15) is 0 Å². The Hall–Kier alpha value is -1.84. The Bertz CT molecular complexity index is 461. The molecule has 0 unspecified atom stereocenters. The second-order valence-corrected chi connectivity index (χ2v) is 5.96. The molecule has 2 N–H and O–H groups in total. The van der Waals surface area contributed by atoms with E-state index in [1.54, 1.807) is 6.07 Å². The van der Waals surface area contributed by atoms with Crippen molar-refractivity contribution in [3.63, 3.8) is 0 Å². The van der Waals surface area contributed by atoms with Gasteiger partial charge in [0.1, 0.15) is 0 Å². The summed E-state index contributed by atoms with van der Waals surface area (Å²) in [6, 6.07) is 7.29. The Kier molecular flexibility index (Phi) is 8.36. The van der Waals surface area contributed by atoms with Gasteiger partial charge in [-0.25, -0.2) is 0 Å². The van der Waals surface area contributed by atoms with Gasteiger partial charge in [0.15, 0.2) is 0 Å². The van der Waals surface area contributed by atoms with Crippen molar-refractivity contribution < 1.29 is 14.7 Å². The van der Waals surface area contributed by atoms with Crippen LogP contribution in [0.5, 0.6) is 0 Å². The fourth-order valence-corrected chi connectivity index (χ4v) is 1.41. The molecule has 4 heteroatoms. The SMILES string of the molecule is CC(C)(C)C(=O)Nc1ccccc1CCC(=O)O.CCC. The largest absolute Gasteiger partial charge is 0.481 e. The third-order valence-corrected chi connectivity index (χ3v) is 2.55. The third kappa shape index (κ3) is 8.12. The number of hydrogen-bond donors (Lipinski definition) is 2. The molecule has 0 aromatic heterocycles. The number of hydrogen-bond acceptors (Lipinski definition) is 2. The van der Waals surface area contributed by atoms with Crippen molar-refractivity contribution in [1.82, 2.24) is 0 Å². The van der Waals surface area contributed by atoms with Crippen LogP contribution < -0.4 is 5.32 Å². The monoisotopic (exact) mass is 293 g/mol. The zero-order chi connectivity index (χ0) is 16.5. The van der Waals surface area contributed by atoms with Crippen molar-refractivity contribution in [3.05, 3.63) is 29.8 Å². The zero-order valence-corrected chi connectivity index (χ0v) is 13.7. The molecule has 0 fully saturated rings.